The van der Waals surface area contributed by atoms with Crippen LogP contribution >= 0.6 is 0 Å². The minimum absolute atomic E-state index is 0.0609. The normalized spacial score (nSPS) is 21.8. The number of carbonyl (C=O) groups is 1. The molecule has 1 aromatic rings. The van der Waals surface area contributed by atoms with Crippen LogP contribution in [0.25, 0.3) is 0 Å². The molecular weight excluding hydrogens is 304 g/mol. The van der Waals surface area contributed by atoms with Crippen molar-refractivity contribution < 1.29 is 14.3 Å². The second-order valence-electron chi connectivity index (χ2n) is 6.68. The lowest BCUT2D eigenvalue weighted by Gasteiger charge is -2.44. The number of benzene rings is 1. The predicted octanol–water partition coefficient (Wildman–Crippen LogP) is 2.33. The minimum atomic E-state index is 0.0609. The van der Waals surface area contributed by atoms with E-state index in [0.717, 1.165) is 38.4 Å². The van der Waals surface area contributed by atoms with Gasteiger partial charge in [-0.1, -0.05) is 17.7 Å². The van der Waals surface area contributed by atoms with Crippen molar-refractivity contribution >= 4 is 5.91 Å². The SMILES string of the molecule is COCCCN1C(C)CN(C(=O)COc2ccc(C)cc2)CC1C. The quantitative estimate of drug-likeness (QED) is 0.718. The van der Waals surface area contributed by atoms with Crippen LogP contribution in [0.2, 0.25) is 0 Å². The molecule has 2 atom stereocenters. The van der Waals surface area contributed by atoms with Crippen LogP contribution in [0.15, 0.2) is 24.3 Å². The standard InChI is InChI=1S/C19H30N2O3/c1-15-6-8-18(9-7-15)24-14-19(22)20-12-16(2)21(17(3)13-20)10-5-11-23-4/h6-9,16-17H,5,10-14H2,1-4H3. The Labute approximate surface area is 145 Å². The van der Waals surface area contributed by atoms with Crippen molar-refractivity contribution in [1.82, 2.24) is 9.80 Å². The van der Waals surface area contributed by atoms with Gasteiger partial charge in [0.05, 0.1) is 0 Å². The first-order chi connectivity index (χ1) is 11.5. The van der Waals surface area contributed by atoms with Gasteiger partial charge in [-0.3, -0.25) is 9.69 Å². The molecule has 134 valence electrons. The number of ether oxygens (including phenoxy) is 2. The van der Waals surface area contributed by atoms with Crippen molar-refractivity contribution in [2.24, 2.45) is 0 Å². The van der Waals surface area contributed by atoms with E-state index in [2.05, 4.69) is 18.7 Å². The Morgan fingerprint density at radius 1 is 1.17 bits per heavy atom. The van der Waals surface area contributed by atoms with Crippen LogP contribution in [0.5, 0.6) is 5.75 Å². The van der Waals surface area contributed by atoms with E-state index in [0.29, 0.717) is 12.1 Å². The molecule has 5 heteroatoms. The van der Waals surface area contributed by atoms with Crippen LogP contribution in [-0.2, 0) is 9.53 Å². The average Bonchev–Trinajstić information content (AvgIpc) is 2.56. The van der Waals surface area contributed by atoms with Crippen LogP contribution in [0.3, 0.4) is 0 Å². The van der Waals surface area contributed by atoms with Gasteiger partial charge >= 0.3 is 0 Å². The van der Waals surface area contributed by atoms with Crippen molar-refractivity contribution in [3.8, 4) is 5.75 Å². The number of hydrogen-bond acceptors (Lipinski definition) is 4. The number of nitrogens with zero attached hydrogens (tertiary/aromatic N) is 2. The maximum absolute atomic E-state index is 12.5. The third-order valence-electron chi connectivity index (χ3n) is 4.60. The average molecular weight is 334 g/mol. The first kappa shape index (κ1) is 18.7. The zero-order valence-electron chi connectivity index (χ0n) is 15.3. The van der Waals surface area contributed by atoms with Crippen LogP contribution < -0.4 is 4.74 Å². The van der Waals surface area contributed by atoms with Crippen LogP contribution in [0.1, 0.15) is 25.8 Å². The highest BCUT2D eigenvalue weighted by atomic mass is 16.5. The molecule has 1 heterocycles. The Morgan fingerprint density at radius 3 is 2.38 bits per heavy atom. The summed E-state index contributed by atoms with van der Waals surface area (Å²) < 4.78 is 10.8. The monoisotopic (exact) mass is 334 g/mol. The molecule has 24 heavy (non-hydrogen) atoms. The van der Waals surface area contributed by atoms with Crippen molar-refractivity contribution in [3.05, 3.63) is 29.8 Å². The molecule has 1 amide bonds. The Hall–Kier alpha value is -1.59. The van der Waals surface area contributed by atoms with E-state index in [1.807, 2.05) is 36.1 Å². The largest absolute Gasteiger partial charge is 0.484 e. The molecule has 0 saturated carbocycles. The summed E-state index contributed by atoms with van der Waals surface area (Å²) in [6.07, 6.45) is 1.02. The van der Waals surface area contributed by atoms with E-state index in [1.54, 1.807) is 7.11 Å². The lowest BCUT2D eigenvalue weighted by Crippen LogP contribution is -2.58. The van der Waals surface area contributed by atoms with Crippen LogP contribution in [0, 0.1) is 6.92 Å². The summed E-state index contributed by atoms with van der Waals surface area (Å²) in [5.74, 6) is 0.805. The predicted molar refractivity (Wildman–Crippen MR) is 95.4 cm³/mol. The first-order valence-electron chi connectivity index (χ1n) is 8.73. The highest BCUT2D eigenvalue weighted by molar-refractivity contribution is 5.78. The number of amides is 1. The molecule has 1 aliphatic heterocycles. The van der Waals surface area contributed by atoms with Gasteiger partial charge in [-0.15, -0.1) is 0 Å². The molecule has 0 aliphatic carbocycles. The number of hydrogen-bond donors (Lipinski definition) is 0. The highest BCUT2D eigenvalue weighted by Crippen LogP contribution is 2.17. The molecule has 2 rings (SSSR count). The summed E-state index contributed by atoms with van der Waals surface area (Å²) in [5, 5.41) is 0. The summed E-state index contributed by atoms with van der Waals surface area (Å²) >= 11 is 0. The van der Waals surface area contributed by atoms with Crippen molar-refractivity contribution in [3.63, 3.8) is 0 Å². The number of rotatable bonds is 7. The topological polar surface area (TPSA) is 42.0 Å². The van der Waals surface area contributed by atoms with Gasteiger partial charge in [-0.05, 0) is 39.3 Å². The van der Waals surface area contributed by atoms with Gasteiger partial charge in [0.1, 0.15) is 5.75 Å². The summed E-state index contributed by atoms with van der Waals surface area (Å²) in [4.78, 5) is 16.8. The summed E-state index contributed by atoms with van der Waals surface area (Å²) in [5.41, 5.74) is 1.18. The van der Waals surface area contributed by atoms with Gasteiger partial charge in [-0.25, -0.2) is 0 Å². The molecule has 1 saturated heterocycles. The van der Waals surface area contributed by atoms with Gasteiger partial charge in [-0.2, -0.15) is 0 Å². The number of methoxy groups -OCH3 is 1. The van der Waals surface area contributed by atoms with Gasteiger partial charge < -0.3 is 14.4 Å². The molecule has 1 aliphatic rings. The smallest absolute Gasteiger partial charge is 0.260 e. The molecular formula is C19H30N2O3. The fourth-order valence-corrected chi connectivity index (χ4v) is 3.26. The maximum atomic E-state index is 12.5. The van der Waals surface area contributed by atoms with Crippen LogP contribution in [-0.4, -0.2) is 67.7 Å². The Balaban J connectivity index is 1.82. The number of aryl methyl sites for hydroxylation is 1. The molecule has 0 N–H and O–H groups in total. The zero-order valence-corrected chi connectivity index (χ0v) is 15.3. The lowest BCUT2D eigenvalue weighted by molar-refractivity contribution is -0.137. The van der Waals surface area contributed by atoms with Gasteiger partial charge in [0.15, 0.2) is 6.61 Å². The Bertz CT molecular complexity index is 506. The number of piperazine rings is 1. The zero-order chi connectivity index (χ0) is 17.5. The van der Waals surface area contributed by atoms with Crippen molar-refractivity contribution in [2.75, 3.05) is 40.0 Å². The first-order valence-corrected chi connectivity index (χ1v) is 8.73. The number of carbonyl (C=O) groups excluding carboxylic acids is 1. The van der Waals surface area contributed by atoms with E-state index in [4.69, 9.17) is 9.47 Å². The van der Waals surface area contributed by atoms with E-state index in [-0.39, 0.29) is 12.5 Å². The van der Waals surface area contributed by atoms with Crippen molar-refractivity contribution in [1.29, 1.82) is 0 Å². The molecule has 2 unspecified atom stereocenters. The summed E-state index contributed by atoms with van der Waals surface area (Å²) in [6, 6.07) is 8.50. The Kier molecular flexibility index (Phi) is 7.06. The maximum Gasteiger partial charge on any atom is 0.260 e. The van der Waals surface area contributed by atoms with E-state index in [1.165, 1.54) is 5.56 Å². The molecule has 0 radical (unpaired) electrons. The molecule has 0 bridgehead atoms. The minimum Gasteiger partial charge on any atom is -0.484 e. The molecule has 0 aromatic heterocycles. The molecule has 1 fully saturated rings. The highest BCUT2D eigenvalue weighted by Gasteiger charge is 2.31. The second kappa shape index (κ2) is 9.04. The van der Waals surface area contributed by atoms with Crippen molar-refractivity contribution in [2.45, 2.75) is 39.3 Å². The van der Waals surface area contributed by atoms with Crippen LogP contribution in [0.4, 0.5) is 0 Å². The van der Waals surface area contributed by atoms with E-state index < -0.39 is 0 Å². The van der Waals surface area contributed by atoms with E-state index in [9.17, 15) is 4.79 Å². The lowest BCUT2D eigenvalue weighted by atomic mass is 10.1. The fraction of sp³-hybridized carbons (Fsp3) is 0.632. The second-order valence-corrected chi connectivity index (χ2v) is 6.68. The van der Waals surface area contributed by atoms with Gasteiger partial charge in [0, 0.05) is 45.4 Å². The summed E-state index contributed by atoms with van der Waals surface area (Å²) in [7, 11) is 1.73. The Morgan fingerprint density at radius 2 is 1.79 bits per heavy atom. The van der Waals surface area contributed by atoms with Gasteiger partial charge in [0.2, 0.25) is 0 Å². The fourth-order valence-electron chi connectivity index (χ4n) is 3.26. The summed E-state index contributed by atoms with van der Waals surface area (Å²) in [6.45, 7) is 9.81. The molecule has 0 spiro atoms. The van der Waals surface area contributed by atoms with E-state index >= 15 is 0 Å². The van der Waals surface area contributed by atoms with Gasteiger partial charge in [0.25, 0.3) is 5.91 Å². The third-order valence-corrected chi connectivity index (χ3v) is 4.60. The molecule has 5 nitrogen and oxygen atoms in total. The molecule has 1 aromatic carbocycles. The third kappa shape index (κ3) is 5.21.